The van der Waals surface area contributed by atoms with Crippen LogP contribution in [0, 0.1) is 0 Å². The van der Waals surface area contributed by atoms with Crippen LogP contribution in [-0.2, 0) is 16.0 Å². The predicted molar refractivity (Wildman–Crippen MR) is 139 cm³/mol. The first-order valence-corrected chi connectivity index (χ1v) is 11.6. The van der Waals surface area contributed by atoms with E-state index in [9.17, 15) is 9.59 Å². The fourth-order valence-corrected chi connectivity index (χ4v) is 4.76. The number of benzene rings is 2. The number of ether oxygens (including phenoxy) is 2. The molecule has 7 nitrogen and oxygen atoms in total. The number of rotatable bonds is 8. The van der Waals surface area contributed by atoms with E-state index in [1.807, 2.05) is 49.4 Å². The van der Waals surface area contributed by atoms with Gasteiger partial charge < -0.3 is 14.8 Å². The van der Waals surface area contributed by atoms with Gasteiger partial charge in [-0.1, -0.05) is 30.4 Å². The first-order valence-electron chi connectivity index (χ1n) is 11.6. The summed E-state index contributed by atoms with van der Waals surface area (Å²) >= 11 is 0. The topological polar surface area (TPSA) is 81.9 Å². The van der Waals surface area contributed by atoms with Crippen LogP contribution < -0.4 is 15.6 Å². The molecule has 0 aliphatic heterocycles. The van der Waals surface area contributed by atoms with E-state index in [2.05, 4.69) is 16.9 Å². The standard InChI is InChI=1S/C28H27N3O4/c1-16(2)15-21-23(35-17(3)27(32)30-13-14-34-4)10-9-22-24(21)20-11-12-29-25-18-7-5-6-8-19(18)28(33)31(22)26(20)25/h5-12,17H,1,13-15H2,2-4H3,(H,30,32). The molecule has 0 spiro atoms. The lowest BCUT2D eigenvalue weighted by atomic mass is 9.99. The highest BCUT2D eigenvalue weighted by Crippen LogP contribution is 2.39. The highest BCUT2D eigenvalue weighted by Gasteiger charge is 2.23. The Bertz CT molecular complexity index is 1650. The lowest BCUT2D eigenvalue weighted by molar-refractivity contribution is -0.127. The number of carbonyl (C=O) groups is 1. The molecule has 0 aliphatic carbocycles. The Morgan fingerprint density at radius 3 is 2.66 bits per heavy atom. The zero-order valence-corrected chi connectivity index (χ0v) is 20.1. The average Bonchev–Trinajstić information content (AvgIpc) is 3.19. The lowest BCUT2D eigenvalue weighted by Crippen LogP contribution is -2.38. The summed E-state index contributed by atoms with van der Waals surface area (Å²) < 4.78 is 12.9. The van der Waals surface area contributed by atoms with E-state index in [1.165, 1.54) is 0 Å². The lowest BCUT2D eigenvalue weighted by Gasteiger charge is -2.18. The second kappa shape index (κ2) is 9.00. The molecule has 2 aromatic carbocycles. The molecule has 3 heterocycles. The second-order valence-electron chi connectivity index (χ2n) is 8.86. The fraction of sp³-hybridized carbons (Fsp3) is 0.250. The van der Waals surface area contributed by atoms with Crippen molar-refractivity contribution in [1.29, 1.82) is 0 Å². The minimum Gasteiger partial charge on any atom is -0.481 e. The molecule has 1 atom stereocenters. The molecule has 0 saturated carbocycles. The minimum atomic E-state index is -0.708. The normalized spacial score (nSPS) is 12.5. The molecule has 7 heteroatoms. The first-order chi connectivity index (χ1) is 16.9. The maximum Gasteiger partial charge on any atom is 0.263 e. The molecule has 0 bridgehead atoms. The number of nitrogens with one attached hydrogen (secondary N) is 1. The predicted octanol–water partition coefficient (Wildman–Crippen LogP) is 4.24. The monoisotopic (exact) mass is 469 g/mol. The third-order valence-corrected chi connectivity index (χ3v) is 6.28. The van der Waals surface area contributed by atoms with Crippen molar-refractivity contribution in [2.75, 3.05) is 20.3 Å². The fourth-order valence-electron chi connectivity index (χ4n) is 4.76. The van der Waals surface area contributed by atoms with E-state index < -0.39 is 6.10 Å². The van der Waals surface area contributed by atoms with Gasteiger partial charge in [0.2, 0.25) is 0 Å². The summed E-state index contributed by atoms with van der Waals surface area (Å²) in [6.07, 6.45) is 1.61. The molecule has 1 amide bonds. The maximum absolute atomic E-state index is 13.6. The quantitative estimate of drug-likeness (QED) is 0.209. The van der Waals surface area contributed by atoms with Crippen LogP contribution in [0.25, 0.3) is 38.1 Å². The molecule has 0 radical (unpaired) electrons. The highest BCUT2D eigenvalue weighted by molar-refractivity contribution is 6.19. The van der Waals surface area contributed by atoms with Crippen LogP contribution in [0.3, 0.4) is 0 Å². The number of methoxy groups -OCH3 is 1. The summed E-state index contributed by atoms with van der Waals surface area (Å²) in [4.78, 5) is 30.8. The van der Waals surface area contributed by atoms with Crippen molar-refractivity contribution in [2.24, 2.45) is 0 Å². The summed E-state index contributed by atoms with van der Waals surface area (Å²) in [6.45, 7) is 8.62. The zero-order valence-electron chi connectivity index (χ0n) is 20.1. The smallest absolute Gasteiger partial charge is 0.263 e. The number of amides is 1. The van der Waals surface area contributed by atoms with Crippen molar-refractivity contribution in [3.05, 3.63) is 76.7 Å². The molecule has 1 N–H and O–H groups in total. The average molecular weight is 470 g/mol. The Morgan fingerprint density at radius 2 is 1.91 bits per heavy atom. The molecule has 0 fully saturated rings. The van der Waals surface area contributed by atoms with Crippen molar-refractivity contribution in [3.63, 3.8) is 0 Å². The number of pyridine rings is 2. The molecule has 3 aromatic heterocycles. The zero-order chi connectivity index (χ0) is 24.7. The second-order valence-corrected chi connectivity index (χ2v) is 8.86. The number of aromatic nitrogens is 2. The van der Waals surface area contributed by atoms with Crippen LogP contribution in [-0.4, -0.2) is 41.7 Å². The van der Waals surface area contributed by atoms with E-state index in [0.29, 0.717) is 30.7 Å². The van der Waals surface area contributed by atoms with Crippen molar-refractivity contribution < 1.29 is 14.3 Å². The Hall–Kier alpha value is -3.97. The van der Waals surface area contributed by atoms with E-state index in [4.69, 9.17) is 9.47 Å². The van der Waals surface area contributed by atoms with Crippen molar-refractivity contribution >= 4 is 44.0 Å². The third-order valence-electron chi connectivity index (χ3n) is 6.28. The molecule has 5 rings (SSSR count). The van der Waals surface area contributed by atoms with Crippen LogP contribution in [0.15, 0.2) is 65.6 Å². The molecule has 1 unspecified atom stereocenters. The van der Waals surface area contributed by atoms with Crippen molar-refractivity contribution in [1.82, 2.24) is 14.7 Å². The van der Waals surface area contributed by atoms with Gasteiger partial charge in [0.1, 0.15) is 5.75 Å². The van der Waals surface area contributed by atoms with Crippen molar-refractivity contribution in [2.45, 2.75) is 26.4 Å². The molecular weight excluding hydrogens is 442 g/mol. The number of allylic oxidation sites excluding steroid dienone is 1. The van der Waals surface area contributed by atoms with Crippen LogP contribution in [0.4, 0.5) is 0 Å². The Morgan fingerprint density at radius 1 is 1.14 bits per heavy atom. The van der Waals surface area contributed by atoms with Crippen LogP contribution in [0.1, 0.15) is 19.4 Å². The summed E-state index contributed by atoms with van der Waals surface area (Å²) in [7, 11) is 1.59. The summed E-state index contributed by atoms with van der Waals surface area (Å²) in [6, 6.07) is 13.2. The molecule has 35 heavy (non-hydrogen) atoms. The van der Waals surface area contributed by atoms with E-state index in [-0.39, 0.29) is 11.5 Å². The van der Waals surface area contributed by atoms with E-state index in [0.717, 1.165) is 43.8 Å². The number of hydrogen-bond acceptors (Lipinski definition) is 5. The van der Waals surface area contributed by atoms with Crippen LogP contribution in [0.5, 0.6) is 5.75 Å². The van der Waals surface area contributed by atoms with Gasteiger partial charge in [0.05, 0.1) is 23.2 Å². The van der Waals surface area contributed by atoms with Crippen molar-refractivity contribution in [3.8, 4) is 5.75 Å². The summed E-state index contributed by atoms with van der Waals surface area (Å²) in [5.41, 5.74) is 4.11. The molecule has 5 aromatic rings. The van der Waals surface area contributed by atoms with Gasteiger partial charge in [-0.2, -0.15) is 0 Å². The van der Waals surface area contributed by atoms with Gasteiger partial charge in [0, 0.05) is 47.0 Å². The Balaban J connectivity index is 1.75. The van der Waals surface area contributed by atoms with Crippen LogP contribution >= 0.6 is 0 Å². The van der Waals surface area contributed by atoms with Gasteiger partial charge in [-0.05, 0) is 44.5 Å². The van der Waals surface area contributed by atoms with Gasteiger partial charge in [-0.15, -0.1) is 0 Å². The van der Waals surface area contributed by atoms with Gasteiger partial charge in [0.15, 0.2) is 6.10 Å². The van der Waals surface area contributed by atoms with Gasteiger partial charge >= 0.3 is 0 Å². The number of nitrogens with zero attached hydrogens (tertiary/aromatic N) is 2. The maximum atomic E-state index is 13.6. The SMILES string of the molecule is C=C(C)Cc1c(OC(C)C(=O)NCCOC)ccc2c1c1ccnc3c4ccccc4c(=O)n2c13. The number of carbonyl (C=O) groups excluding carboxylic acids is 1. The number of hydrogen-bond donors (Lipinski definition) is 1. The Labute approximate surface area is 202 Å². The van der Waals surface area contributed by atoms with E-state index in [1.54, 1.807) is 24.6 Å². The number of fused-ring (bicyclic) bond motifs is 5. The van der Waals surface area contributed by atoms with E-state index >= 15 is 0 Å². The Kier molecular flexibility index (Phi) is 5.86. The van der Waals surface area contributed by atoms with Crippen LogP contribution in [0.2, 0.25) is 0 Å². The highest BCUT2D eigenvalue weighted by atomic mass is 16.5. The molecule has 178 valence electrons. The molecule has 0 saturated heterocycles. The summed E-state index contributed by atoms with van der Waals surface area (Å²) in [5, 5.41) is 6.11. The summed E-state index contributed by atoms with van der Waals surface area (Å²) in [5.74, 6) is 0.373. The third kappa shape index (κ3) is 3.78. The van der Waals surface area contributed by atoms with Gasteiger partial charge in [0.25, 0.3) is 11.5 Å². The molecular formula is C28H27N3O4. The minimum absolute atomic E-state index is 0.0815. The van der Waals surface area contributed by atoms with Gasteiger partial charge in [-0.3, -0.25) is 19.0 Å². The van der Waals surface area contributed by atoms with Gasteiger partial charge in [-0.25, -0.2) is 0 Å². The molecule has 0 aliphatic rings. The largest absolute Gasteiger partial charge is 0.481 e. The first kappa shape index (κ1) is 22.8.